The van der Waals surface area contributed by atoms with Gasteiger partial charge in [0.1, 0.15) is 23.1 Å². The number of nitrogens with zero attached hydrogens (tertiary/aromatic N) is 1. The van der Waals surface area contributed by atoms with Crippen LogP contribution in [0.5, 0.6) is 5.75 Å². The zero-order valence-electron chi connectivity index (χ0n) is 14.8. The quantitative estimate of drug-likeness (QED) is 0.490. The van der Waals surface area contributed by atoms with Gasteiger partial charge in [0.05, 0.1) is 11.8 Å². The summed E-state index contributed by atoms with van der Waals surface area (Å²) in [5, 5.41) is 20.7. The van der Waals surface area contributed by atoms with Crippen LogP contribution in [0.1, 0.15) is 21.5 Å². The van der Waals surface area contributed by atoms with E-state index in [4.69, 9.17) is 4.42 Å². The molecule has 134 valence electrons. The largest absolute Gasteiger partial charge is 0.506 e. The van der Waals surface area contributed by atoms with Gasteiger partial charge in [0, 0.05) is 16.7 Å². The van der Waals surface area contributed by atoms with Gasteiger partial charge in [-0.3, -0.25) is 4.79 Å². The number of carbonyl (C=O) groups excluding carboxylic acids is 1. The van der Waals surface area contributed by atoms with Crippen molar-refractivity contribution in [3.05, 3.63) is 102 Å². The van der Waals surface area contributed by atoms with Gasteiger partial charge in [-0.05, 0) is 23.8 Å². The Morgan fingerprint density at radius 3 is 2.18 bits per heavy atom. The molecule has 0 amide bonds. The average molecular weight is 365 g/mol. The number of phenolic OH excluding ortho intramolecular Hbond substituents is 1. The molecule has 3 aromatic carbocycles. The predicted octanol–water partition coefficient (Wildman–Crippen LogP) is 5.42. The van der Waals surface area contributed by atoms with E-state index in [1.807, 2.05) is 42.5 Å². The molecule has 4 rings (SSSR count). The Hall–Kier alpha value is -4.10. The van der Waals surface area contributed by atoms with Crippen LogP contribution in [-0.4, -0.2) is 10.9 Å². The summed E-state index contributed by atoms with van der Waals surface area (Å²) >= 11 is 0. The van der Waals surface area contributed by atoms with Crippen molar-refractivity contribution in [3.8, 4) is 34.3 Å². The number of rotatable bonds is 4. The summed E-state index contributed by atoms with van der Waals surface area (Å²) < 4.78 is 5.52. The molecule has 0 unspecified atom stereocenters. The van der Waals surface area contributed by atoms with Crippen LogP contribution in [-0.2, 0) is 0 Å². The van der Waals surface area contributed by atoms with E-state index in [0.29, 0.717) is 22.5 Å². The Bertz CT molecular complexity index is 1170. The molecule has 0 aliphatic rings. The third kappa shape index (κ3) is 2.95. The number of hydrogen-bond donors (Lipinski definition) is 1. The second kappa shape index (κ2) is 7.26. The first-order valence-electron chi connectivity index (χ1n) is 8.70. The summed E-state index contributed by atoms with van der Waals surface area (Å²) in [5.41, 5.74) is 2.27. The lowest BCUT2D eigenvalue weighted by Crippen LogP contribution is -2.06. The van der Waals surface area contributed by atoms with E-state index in [-0.39, 0.29) is 22.7 Å². The van der Waals surface area contributed by atoms with E-state index in [2.05, 4.69) is 0 Å². The molecular weight excluding hydrogens is 350 g/mol. The molecule has 0 aliphatic heterocycles. The van der Waals surface area contributed by atoms with Crippen LogP contribution in [0.2, 0.25) is 0 Å². The van der Waals surface area contributed by atoms with Crippen LogP contribution in [0.4, 0.5) is 0 Å². The fourth-order valence-electron chi connectivity index (χ4n) is 3.22. The predicted molar refractivity (Wildman–Crippen MR) is 106 cm³/mol. The first kappa shape index (κ1) is 17.3. The van der Waals surface area contributed by atoms with Crippen LogP contribution in [0.3, 0.4) is 0 Å². The second-order valence-corrected chi connectivity index (χ2v) is 6.22. The fourth-order valence-corrected chi connectivity index (χ4v) is 3.22. The molecule has 1 heterocycles. The summed E-state index contributed by atoms with van der Waals surface area (Å²) in [6, 6.07) is 25.1. The Morgan fingerprint density at radius 1 is 0.893 bits per heavy atom. The first-order valence-corrected chi connectivity index (χ1v) is 8.70. The van der Waals surface area contributed by atoms with Gasteiger partial charge < -0.3 is 9.52 Å². The number of furan rings is 1. The van der Waals surface area contributed by atoms with Gasteiger partial charge in [-0.15, -0.1) is 0 Å². The van der Waals surface area contributed by atoms with Gasteiger partial charge >= 0.3 is 0 Å². The number of ketones is 1. The minimum absolute atomic E-state index is 0.0531. The molecule has 28 heavy (non-hydrogen) atoms. The van der Waals surface area contributed by atoms with Crippen LogP contribution in [0, 0.1) is 11.3 Å². The van der Waals surface area contributed by atoms with E-state index in [1.165, 1.54) is 6.26 Å². The lowest BCUT2D eigenvalue weighted by atomic mass is 9.88. The summed E-state index contributed by atoms with van der Waals surface area (Å²) in [7, 11) is 0. The lowest BCUT2D eigenvalue weighted by Gasteiger charge is -2.15. The molecule has 1 N–H and O–H groups in total. The molecule has 0 bridgehead atoms. The van der Waals surface area contributed by atoms with Crippen molar-refractivity contribution in [1.82, 2.24) is 0 Å². The lowest BCUT2D eigenvalue weighted by molar-refractivity contribution is 0.103. The minimum Gasteiger partial charge on any atom is -0.506 e. The molecule has 4 nitrogen and oxygen atoms in total. The molecule has 0 saturated heterocycles. The standard InChI is InChI=1S/C24H15NO3/c25-15-20-18(16-8-3-1-4-9-16)14-19(21-12-7-13-28-21)22(24(20)27)23(26)17-10-5-2-6-11-17/h1-14,27H. The van der Waals surface area contributed by atoms with Crippen molar-refractivity contribution in [1.29, 1.82) is 5.26 Å². The monoisotopic (exact) mass is 365 g/mol. The van der Waals surface area contributed by atoms with E-state index < -0.39 is 0 Å². The maximum absolute atomic E-state index is 13.2. The fraction of sp³-hybridized carbons (Fsp3) is 0. The molecule has 0 aliphatic carbocycles. The topological polar surface area (TPSA) is 74.2 Å². The smallest absolute Gasteiger partial charge is 0.197 e. The van der Waals surface area contributed by atoms with Crippen molar-refractivity contribution in [2.45, 2.75) is 0 Å². The number of phenols is 1. The Morgan fingerprint density at radius 2 is 1.57 bits per heavy atom. The summed E-state index contributed by atoms with van der Waals surface area (Å²) in [5.74, 6) is -0.277. The summed E-state index contributed by atoms with van der Waals surface area (Å²) in [4.78, 5) is 13.2. The minimum atomic E-state index is -0.374. The average Bonchev–Trinajstić information content (AvgIpc) is 3.28. The number of benzene rings is 3. The third-order valence-electron chi connectivity index (χ3n) is 4.55. The zero-order chi connectivity index (χ0) is 19.5. The summed E-state index contributed by atoms with van der Waals surface area (Å²) in [6.07, 6.45) is 1.50. The summed E-state index contributed by atoms with van der Waals surface area (Å²) in [6.45, 7) is 0. The Balaban J connectivity index is 2.03. The highest BCUT2D eigenvalue weighted by atomic mass is 16.3. The van der Waals surface area contributed by atoms with E-state index in [9.17, 15) is 15.2 Å². The molecule has 4 aromatic rings. The third-order valence-corrected chi connectivity index (χ3v) is 4.55. The van der Waals surface area contributed by atoms with Crippen LogP contribution < -0.4 is 0 Å². The van der Waals surface area contributed by atoms with Gasteiger partial charge in [-0.2, -0.15) is 5.26 Å². The Labute approximate surface area is 161 Å². The highest BCUT2D eigenvalue weighted by Crippen LogP contribution is 2.40. The maximum atomic E-state index is 13.2. The van der Waals surface area contributed by atoms with E-state index >= 15 is 0 Å². The molecule has 1 aromatic heterocycles. The van der Waals surface area contributed by atoms with Crippen LogP contribution >= 0.6 is 0 Å². The molecule has 0 spiro atoms. The SMILES string of the molecule is N#Cc1c(-c2ccccc2)cc(-c2ccco2)c(C(=O)c2ccccc2)c1O. The normalized spacial score (nSPS) is 10.4. The number of carbonyl (C=O) groups is 1. The van der Waals surface area contributed by atoms with Crippen molar-refractivity contribution in [2.75, 3.05) is 0 Å². The highest BCUT2D eigenvalue weighted by Gasteiger charge is 2.26. The first-order chi connectivity index (χ1) is 13.7. The maximum Gasteiger partial charge on any atom is 0.197 e. The molecule has 0 atom stereocenters. The van der Waals surface area contributed by atoms with E-state index in [1.54, 1.807) is 42.5 Å². The van der Waals surface area contributed by atoms with Crippen molar-refractivity contribution < 1.29 is 14.3 Å². The van der Waals surface area contributed by atoms with Gasteiger partial charge in [0.25, 0.3) is 0 Å². The van der Waals surface area contributed by atoms with Crippen molar-refractivity contribution >= 4 is 5.78 Å². The molecule has 0 radical (unpaired) electrons. The highest BCUT2D eigenvalue weighted by molar-refractivity contribution is 6.15. The Kier molecular flexibility index (Phi) is 4.49. The van der Waals surface area contributed by atoms with Gasteiger partial charge in [-0.1, -0.05) is 60.7 Å². The molecule has 4 heteroatoms. The number of nitriles is 1. The zero-order valence-corrected chi connectivity index (χ0v) is 14.8. The van der Waals surface area contributed by atoms with Crippen LogP contribution in [0.15, 0.2) is 89.5 Å². The molecule has 0 fully saturated rings. The number of hydrogen-bond acceptors (Lipinski definition) is 4. The van der Waals surface area contributed by atoms with E-state index in [0.717, 1.165) is 5.56 Å². The van der Waals surface area contributed by atoms with Crippen molar-refractivity contribution in [3.63, 3.8) is 0 Å². The van der Waals surface area contributed by atoms with Gasteiger partial charge in [-0.25, -0.2) is 0 Å². The molecular formula is C24H15NO3. The second-order valence-electron chi connectivity index (χ2n) is 6.22. The van der Waals surface area contributed by atoms with Gasteiger partial charge in [0.15, 0.2) is 5.78 Å². The van der Waals surface area contributed by atoms with Crippen LogP contribution in [0.25, 0.3) is 22.5 Å². The number of aromatic hydroxyl groups is 1. The molecule has 0 saturated carbocycles. The van der Waals surface area contributed by atoms with Crippen molar-refractivity contribution in [2.24, 2.45) is 0 Å². The van der Waals surface area contributed by atoms with Gasteiger partial charge in [0.2, 0.25) is 0 Å².